The highest BCUT2D eigenvalue weighted by molar-refractivity contribution is 6.42. The standard InChI is InChI=1S/C14H8Cl2F3NO/c15-11-5-4-8(6-12(11)16)13(21)20-10-3-1-2-9(7-10)14(17,18)19/h1-7H,(H,20,21). The maximum absolute atomic E-state index is 12.6. The Balaban J connectivity index is 2.21. The van der Waals surface area contributed by atoms with Crippen LogP contribution in [0.5, 0.6) is 0 Å². The normalized spacial score (nSPS) is 11.3. The van der Waals surface area contributed by atoms with Gasteiger partial charge in [-0.25, -0.2) is 0 Å². The van der Waals surface area contributed by atoms with Crippen molar-refractivity contribution >= 4 is 34.8 Å². The van der Waals surface area contributed by atoms with Gasteiger partial charge in [-0.05, 0) is 36.4 Å². The van der Waals surface area contributed by atoms with E-state index >= 15 is 0 Å². The van der Waals surface area contributed by atoms with Gasteiger partial charge in [0.1, 0.15) is 0 Å². The topological polar surface area (TPSA) is 29.1 Å². The fourth-order valence-electron chi connectivity index (χ4n) is 1.61. The Bertz CT molecular complexity index is 686. The number of carbonyl (C=O) groups is 1. The highest BCUT2D eigenvalue weighted by Crippen LogP contribution is 2.31. The van der Waals surface area contributed by atoms with Gasteiger partial charge in [-0.2, -0.15) is 13.2 Å². The van der Waals surface area contributed by atoms with Crippen molar-refractivity contribution in [2.75, 3.05) is 5.32 Å². The maximum atomic E-state index is 12.6. The number of carbonyl (C=O) groups excluding carboxylic acids is 1. The van der Waals surface area contributed by atoms with E-state index in [0.717, 1.165) is 12.1 Å². The zero-order chi connectivity index (χ0) is 15.6. The van der Waals surface area contributed by atoms with Gasteiger partial charge >= 0.3 is 6.18 Å². The summed E-state index contributed by atoms with van der Waals surface area (Å²) in [5.74, 6) is -0.576. The Hall–Kier alpha value is -1.72. The van der Waals surface area contributed by atoms with Gasteiger partial charge in [0, 0.05) is 11.3 Å². The first kappa shape index (κ1) is 15.7. The molecule has 0 atom stereocenters. The zero-order valence-electron chi connectivity index (χ0n) is 10.3. The third kappa shape index (κ3) is 3.89. The maximum Gasteiger partial charge on any atom is 0.416 e. The molecule has 1 N–H and O–H groups in total. The van der Waals surface area contributed by atoms with Crippen LogP contribution in [-0.4, -0.2) is 5.91 Å². The summed E-state index contributed by atoms with van der Waals surface area (Å²) >= 11 is 11.5. The number of benzene rings is 2. The molecule has 0 bridgehead atoms. The minimum Gasteiger partial charge on any atom is -0.322 e. The van der Waals surface area contributed by atoms with Gasteiger partial charge in [0.05, 0.1) is 15.6 Å². The lowest BCUT2D eigenvalue weighted by Gasteiger charge is -2.10. The van der Waals surface area contributed by atoms with Crippen LogP contribution in [0.25, 0.3) is 0 Å². The second-order valence-corrected chi connectivity index (χ2v) is 4.98. The van der Waals surface area contributed by atoms with Gasteiger partial charge < -0.3 is 5.32 Å². The van der Waals surface area contributed by atoms with Crippen molar-refractivity contribution in [2.45, 2.75) is 6.18 Å². The molecule has 0 fully saturated rings. The van der Waals surface area contributed by atoms with E-state index in [1.54, 1.807) is 0 Å². The fraction of sp³-hybridized carbons (Fsp3) is 0.0714. The van der Waals surface area contributed by atoms with E-state index in [1.165, 1.54) is 30.3 Å². The van der Waals surface area contributed by atoms with Crippen LogP contribution in [-0.2, 0) is 6.18 Å². The first-order valence-corrected chi connectivity index (χ1v) is 6.46. The van der Waals surface area contributed by atoms with E-state index < -0.39 is 17.6 Å². The molecule has 0 aromatic heterocycles. The number of alkyl halides is 3. The molecule has 0 aliphatic heterocycles. The van der Waals surface area contributed by atoms with E-state index in [9.17, 15) is 18.0 Å². The predicted octanol–water partition coefficient (Wildman–Crippen LogP) is 5.26. The van der Waals surface area contributed by atoms with Crippen LogP contribution in [0.3, 0.4) is 0 Å². The number of amides is 1. The van der Waals surface area contributed by atoms with E-state index in [4.69, 9.17) is 23.2 Å². The van der Waals surface area contributed by atoms with Crippen LogP contribution < -0.4 is 5.32 Å². The molecule has 21 heavy (non-hydrogen) atoms. The van der Waals surface area contributed by atoms with E-state index in [2.05, 4.69) is 5.32 Å². The highest BCUT2D eigenvalue weighted by atomic mass is 35.5. The number of anilines is 1. The minimum absolute atomic E-state index is 0.0425. The zero-order valence-corrected chi connectivity index (χ0v) is 11.9. The van der Waals surface area contributed by atoms with Crippen LogP contribution >= 0.6 is 23.2 Å². The number of hydrogen-bond donors (Lipinski definition) is 1. The van der Waals surface area contributed by atoms with Crippen molar-refractivity contribution in [3.8, 4) is 0 Å². The lowest BCUT2D eigenvalue weighted by Crippen LogP contribution is -2.13. The summed E-state index contributed by atoms with van der Waals surface area (Å²) in [4.78, 5) is 11.9. The number of hydrogen-bond acceptors (Lipinski definition) is 1. The molecule has 2 aromatic rings. The van der Waals surface area contributed by atoms with Crippen LogP contribution in [0, 0.1) is 0 Å². The summed E-state index contributed by atoms with van der Waals surface area (Å²) in [6.07, 6.45) is -4.47. The molecule has 0 saturated heterocycles. The van der Waals surface area contributed by atoms with Crippen LogP contribution in [0.1, 0.15) is 15.9 Å². The van der Waals surface area contributed by atoms with Gasteiger partial charge in [0.2, 0.25) is 0 Å². The van der Waals surface area contributed by atoms with E-state index in [0.29, 0.717) is 0 Å². The first-order valence-electron chi connectivity index (χ1n) is 5.71. The van der Waals surface area contributed by atoms with Gasteiger partial charge in [-0.1, -0.05) is 29.3 Å². The molecule has 2 rings (SSSR count). The summed E-state index contributed by atoms with van der Waals surface area (Å²) in [7, 11) is 0. The van der Waals surface area contributed by atoms with Crippen molar-refractivity contribution in [2.24, 2.45) is 0 Å². The summed E-state index contributed by atoms with van der Waals surface area (Å²) in [5, 5.41) is 2.85. The largest absolute Gasteiger partial charge is 0.416 e. The van der Waals surface area contributed by atoms with Crippen molar-refractivity contribution in [1.82, 2.24) is 0 Å². The second kappa shape index (κ2) is 5.95. The molecule has 2 nitrogen and oxygen atoms in total. The van der Waals surface area contributed by atoms with Gasteiger partial charge in [-0.3, -0.25) is 4.79 Å². The van der Waals surface area contributed by atoms with E-state index in [1.807, 2.05) is 0 Å². The Labute approximate surface area is 128 Å². The van der Waals surface area contributed by atoms with E-state index in [-0.39, 0.29) is 21.3 Å². The Morgan fingerprint density at radius 3 is 2.33 bits per heavy atom. The monoisotopic (exact) mass is 333 g/mol. The number of halogens is 5. The lowest BCUT2D eigenvalue weighted by atomic mass is 10.1. The molecular weight excluding hydrogens is 326 g/mol. The number of nitrogens with one attached hydrogen (secondary N) is 1. The first-order chi connectivity index (χ1) is 9.77. The SMILES string of the molecule is O=C(Nc1cccc(C(F)(F)F)c1)c1ccc(Cl)c(Cl)c1. The molecule has 0 saturated carbocycles. The second-order valence-electron chi connectivity index (χ2n) is 4.16. The molecule has 110 valence electrons. The van der Waals surface area contributed by atoms with Gasteiger partial charge in [-0.15, -0.1) is 0 Å². The smallest absolute Gasteiger partial charge is 0.322 e. The Morgan fingerprint density at radius 2 is 1.71 bits per heavy atom. The van der Waals surface area contributed by atoms with Crippen molar-refractivity contribution in [1.29, 1.82) is 0 Å². The average Bonchev–Trinajstić information content (AvgIpc) is 2.41. The van der Waals surface area contributed by atoms with Crippen molar-refractivity contribution in [3.05, 3.63) is 63.6 Å². The van der Waals surface area contributed by atoms with Crippen LogP contribution in [0.2, 0.25) is 10.0 Å². The van der Waals surface area contributed by atoms with Gasteiger partial charge in [0.15, 0.2) is 0 Å². The fourth-order valence-corrected chi connectivity index (χ4v) is 1.91. The number of rotatable bonds is 2. The van der Waals surface area contributed by atoms with Crippen LogP contribution in [0.4, 0.5) is 18.9 Å². The Morgan fingerprint density at radius 1 is 1.00 bits per heavy atom. The molecule has 7 heteroatoms. The van der Waals surface area contributed by atoms with Crippen molar-refractivity contribution < 1.29 is 18.0 Å². The molecular formula is C14H8Cl2F3NO. The lowest BCUT2D eigenvalue weighted by molar-refractivity contribution is -0.137. The summed E-state index contributed by atoms with van der Waals surface area (Å²) < 4.78 is 37.7. The molecule has 0 radical (unpaired) electrons. The van der Waals surface area contributed by atoms with Gasteiger partial charge in [0.25, 0.3) is 5.91 Å². The average molecular weight is 334 g/mol. The molecule has 0 spiro atoms. The summed E-state index contributed by atoms with van der Waals surface area (Å²) in [5.41, 5.74) is -0.600. The van der Waals surface area contributed by atoms with Crippen molar-refractivity contribution in [3.63, 3.8) is 0 Å². The third-order valence-electron chi connectivity index (χ3n) is 2.63. The minimum atomic E-state index is -4.47. The predicted molar refractivity (Wildman–Crippen MR) is 75.9 cm³/mol. The molecule has 2 aromatic carbocycles. The summed E-state index contributed by atoms with van der Waals surface area (Å²) in [6.45, 7) is 0. The molecule has 0 unspecified atom stereocenters. The molecule has 0 aliphatic carbocycles. The molecule has 0 heterocycles. The Kier molecular flexibility index (Phi) is 4.44. The quantitative estimate of drug-likeness (QED) is 0.797. The third-order valence-corrected chi connectivity index (χ3v) is 3.37. The molecule has 1 amide bonds. The summed E-state index contributed by atoms with van der Waals surface area (Å²) in [6, 6.07) is 8.57. The van der Waals surface area contributed by atoms with Crippen LogP contribution in [0.15, 0.2) is 42.5 Å². The molecule has 0 aliphatic rings. The highest BCUT2D eigenvalue weighted by Gasteiger charge is 2.30.